The van der Waals surface area contributed by atoms with Crippen LogP contribution in [0.3, 0.4) is 0 Å². The van der Waals surface area contributed by atoms with Gasteiger partial charge in [0.25, 0.3) is 0 Å². The van der Waals surface area contributed by atoms with Gasteiger partial charge in [-0.1, -0.05) is 30.3 Å². The minimum Gasteiger partial charge on any atom is -0.462 e. The van der Waals surface area contributed by atoms with Gasteiger partial charge in [-0.15, -0.1) is 0 Å². The van der Waals surface area contributed by atoms with Crippen molar-refractivity contribution in [1.82, 2.24) is 24.7 Å². The van der Waals surface area contributed by atoms with Crippen molar-refractivity contribution in [2.24, 2.45) is 0 Å². The number of hydrogen-bond acceptors (Lipinski definition) is 10. The van der Waals surface area contributed by atoms with Gasteiger partial charge < -0.3 is 28.9 Å². The van der Waals surface area contributed by atoms with Gasteiger partial charge in [-0.25, -0.2) is 9.59 Å². The maximum Gasteiger partial charge on any atom is 0.410 e. The molecule has 3 fully saturated rings. The quantitative estimate of drug-likeness (QED) is 0.411. The van der Waals surface area contributed by atoms with Crippen LogP contribution in [0.2, 0.25) is 0 Å². The predicted molar refractivity (Wildman–Crippen MR) is 170 cm³/mol. The Kier molecular flexibility index (Phi) is 9.49. The van der Waals surface area contributed by atoms with Crippen molar-refractivity contribution in [3.63, 3.8) is 0 Å². The summed E-state index contributed by atoms with van der Waals surface area (Å²) in [5.41, 5.74) is 2.01. The SMILES string of the molecule is CC(C)(C)OC(=O)N1CCc2c(nc(OC[C@@H]3CCCN3C3CC3)nc2N2CCN(C(=O)OCc3ccccc3)[C@@H](CC#N)C2)C1. The van der Waals surface area contributed by atoms with E-state index in [-0.39, 0.29) is 25.2 Å². The molecule has 2 amide bonds. The minimum absolute atomic E-state index is 0.165. The van der Waals surface area contributed by atoms with E-state index in [1.807, 2.05) is 51.1 Å². The number of nitriles is 1. The van der Waals surface area contributed by atoms with Gasteiger partial charge in [0, 0.05) is 43.8 Å². The average molecular weight is 632 g/mol. The molecular weight excluding hydrogens is 586 g/mol. The molecule has 46 heavy (non-hydrogen) atoms. The number of fused-ring (bicyclic) bond motifs is 1. The summed E-state index contributed by atoms with van der Waals surface area (Å²) in [6, 6.07) is 12.8. The molecule has 1 saturated carbocycles. The Bertz CT molecular complexity index is 1440. The Morgan fingerprint density at radius 1 is 1.00 bits per heavy atom. The Labute approximate surface area is 271 Å². The highest BCUT2D eigenvalue weighted by Gasteiger charge is 2.38. The summed E-state index contributed by atoms with van der Waals surface area (Å²) in [6.45, 7) is 9.47. The van der Waals surface area contributed by atoms with Crippen LogP contribution < -0.4 is 9.64 Å². The van der Waals surface area contributed by atoms with E-state index < -0.39 is 11.7 Å². The van der Waals surface area contributed by atoms with E-state index >= 15 is 0 Å². The van der Waals surface area contributed by atoms with Crippen LogP contribution in [-0.4, -0.2) is 99.9 Å². The Hall–Kier alpha value is -4.11. The second kappa shape index (κ2) is 13.7. The number of carbonyl (C=O) groups excluding carboxylic acids is 2. The lowest BCUT2D eigenvalue weighted by molar-refractivity contribution is 0.0220. The zero-order valence-corrected chi connectivity index (χ0v) is 27.2. The molecular formula is C34H45N7O5. The van der Waals surface area contributed by atoms with Crippen LogP contribution in [0.4, 0.5) is 15.4 Å². The molecule has 0 bridgehead atoms. The first-order valence-corrected chi connectivity index (χ1v) is 16.5. The maximum atomic E-state index is 13.2. The van der Waals surface area contributed by atoms with Gasteiger partial charge in [0.05, 0.1) is 30.8 Å². The van der Waals surface area contributed by atoms with Gasteiger partial charge in [0.15, 0.2) is 0 Å². The van der Waals surface area contributed by atoms with Gasteiger partial charge in [-0.2, -0.15) is 15.2 Å². The predicted octanol–water partition coefficient (Wildman–Crippen LogP) is 4.52. The van der Waals surface area contributed by atoms with E-state index in [4.69, 9.17) is 24.2 Å². The first-order valence-electron chi connectivity index (χ1n) is 16.5. The summed E-state index contributed by atoms with van der Waals surface area (Å²) in [4.78, 5) is 44.0. The second-order valence-electron chi connectivity index (χ2n) is 13.7. The lowest BCUT2D eigenvalue weighted by atomic mass is 10.0. The number of benzene rings is 1. The van der Waals surface area contributed by atoms with E-state index in [1.165, 1.54) is 19.3 Å². The molecule has 6 rings (SSSR count). The number of piperazine rings is 1. The zero-order chi connectivity index (χ0) is 32.3. The summed E-state index contributed by atoms with van der Waals surface area (Å²) in [7, 11) is 0. The number of likely N-dealkylation sites (tertiary alicyclic amines) is 1. The number of carbonyl (C=O) groups is 2. The molecule has 3 aliphatic heterocycles. The lowest BCUT2D eigenvalue weighted by Gasteiger charge is -2.41. The molecule has 4 aliphatic rings. The number of rotatable bonds is 8. The number of aromatic nitrogens is 2. The van der Waals surface area contributed by atoms with Crippen LogP contribution in [0.5, 0.6) is 6.01 Å². The van der Waals surface area contributed by atoms with Crippen molar-refractivity contribution in [3.05, 3.63) is 47.2 Å². The van der Waals surface area contributed by atoms with E-state index in [0.717, 1.165) is 35.6 Å². The third-order valence-electron chi connectivity index (χ3n) is 9.07. The van der Waals surface area contributed by atoms with Crippen LogP contribution in [0.25, 0.3) is 0 Å². The number of ether oxygens (including phenoxy) is 3. The van der Waals surface area contributed by atoms with Gasteiger partial charge in [0.2, 0.25) is 0 Å². The third kappa shape index (κ3) is 7.64. The van der Waals surface area contributed by atoms with Gasteiger partial charge in [0.1, 0.15) is 24.6 Å². The number of amides is 2. The molecule has 0 spiro atoms. The molecule has 246 valence electrons. The van der Waals surface area contributed by atoms with Gasteiger partial charge in [-0.05, 0) is 65.0 Å². The van der Waals surface area contributed by atoms with Crippen molar-refractivity contribution in [2.75, 3.05) is 44.2 Å². The molecule has 1 aromatic carbocycles. The topological polar surface area (TPSA) is 124 Å². The van der Waals surface area contributed by atoms with Crippen LogP contribution in [0.15, 0.2) is 30.3 Å². The molecule has 0 N–H and O–H groups in total. The number of nitrogens with zero attached hydrogens (tertiary/aromatic N) is 7. The van der Waals surface area contributed by atoms with Crippen LogP contribution in [0.1, 0.15) is 69.7 Å². The van der Waals surface area contributed by atoms with E-state index in [1.54, 1.807) is 9.80 Å². The molecule has 12 nitrogen and oxygen atoms in total. The highest BCUT2D eigenvalue weighted by atomic mass is 16.6. The minimum atomic E-state index is -0.602. The van der Waals surface area contributed by atoms with Crippen LogP contribution in [0, 0.1) is 11.3 Å². The molecule has 1 aliphatic carbocycles. The van der Waals surface area contributed by atoms with Crippen molar-refractivity contribution >= 4 is 18.0 Å². The first kappa shape index (κ1) is 31.9. The summed E-state index contributed by atoms with van der Waals surface area (Å²) >= 11 is 0. The molecule has 1 aromatic heterocycles. The molecule has 2 atom stereocenters. The maximum absolute atomic E-state index is 13.2. The molecule has 0 radical (unpaired) electrons. The Morgan fingerprint density at radius 2 is 1.80 bits per heavy atom. The van der Waals surface area contributed by atoms with Crippen molar-refractivity contribution in [3.8, 4) is 12.1 Å². The molecule has 12 heteroatoms. The summed E-state index contributed by atoms with van der Waals surface area (Å²) in [6.07, 6.45) is 4.70. The standard InChI is InChI=1S/C34H45N7O5/c1-34(2,3)46-32(42)39-17-14-28-29(21-39)36-31(44-23-27-10-7-16-40(27)25-11-12-25)37-30(28)38-18-19-41(26(20-38)13-15-35)33(43)45-22-24-8-5-4-6-9-24/h4-6,8-9,25-27H,7,10-14,16-23H2,1-3H3/t26-,27-/m0/s1. The van der Waals surface area contributed by atoms with E-state index in [9.17, 15) is 14.9 Å². The Balaban J connectivity index is 1.21. The number of anilines is 1. The fourth-order valence-electron chi connectivity index (χ4n) is 6.66. The zero-order valence-electron chi connectivity index (χ0n) is 27.2. The lowest BCUT2D eigenvalue weighted by Crippen LogP contribution is -2.56. The largest absolute Gasteiger partial charge is 0.462 e. The van der Waals surface area contributed by atoms with Gasteiger partial charge >= 0.3 is 18.2 Å². The molecule has 2 aromatic rings. The highest BCUT2D eigenvalue weighted by molar-refractivity contribution is 5.70. The smallest absolute Gasteiger partial charge is 0.410 e. The van der Waals surface area contributed by atoms with Crippen LogP contribution in [-0.2, 0) is 29.0 Å². The highest BCUT2D eigenvalue weighted by Crippen LogP contribution is 2.34. The van der Waals surface area contributed by atoms with Crippen molar-refractivity contribution in [1.29, 1.82) is 5.26 Å². The fraction of sp³-hybridized carbons (Fsp3) is 0.618. The molecule has 0 unspecified atom stereocenters. The monoisotopic (exact) mass is 631 g/mol. The normalized spacial score (nSPS) is 21.8. The average Bonchev–Trinajstić information content (AvgIpc) is 3.78. The van der Waals surface area contributed by atoms with Crippen LogP contribution >= 0.6 is 0 Å². The van der Waals surface area contributed by atoms with E-state index in [0.29, 0.717) is 63.8 Å². The summed E-state index contributed by atoms with van der Waals surface area (Å²) in [5.74, 6) is 0.745. The van der Waals surface area contributed by atoms with Crippen molar-refractivity contribution in [2.45, 2.75) is 96.2 Å². The Morgan fingerprint density at radius 3 is 2.54 bits per heavy atom. The molecule has 2 saturated heterocycles. The van der Waals surface area contributed by atoms with Gasteiger partial charge in [-0.3, -0.25) is 4.90 Å². The fourth-order valence-corrected chi connectivity index (χ4v) is 6.66. The third-order valence-corrected chi connectivity index (χ3v) is 9.07. The second-order valence-corrected chi connectivity index (χ2v) is 13.7. The molecule has 4 heterocycles. The summed E-state index contributed by atoms with van der Waals surface area (Å²) in [5, 5.41) is 9.67. The summed E-state index contributed by atoms with van der Waals surface area (Å²) < 4.78 is 17.6. The van der Waals surface area contributed by atoms with Crippen molar-refractivity contribution < 1.29 is 23.8 Å². The number of hydrogen-bond donors (Lipinski definition) is 0. The van der Waals surface area contributed by atoms with E-state index in [2.05, 4.69) is 15.9 Å². The first-order chi connectivity index (χ1) is 22.2.